The van der Waals surface area contributed by atoms with Crippen LogP contribution in [-0.2, 0) is 9.47 Å². The second kappa shape index (κ2) is 5.72. The fourth-order valence-corrected chi connectivity index (χ4v) is 2.29. The van der Waals surface area contributed by atoms with Gasteiger partial charge in [0, 0.05) is 11.7 Å². The van der Waals surface area contributed by atoms with Crippen LogP contribution in [0.1, 0.15) is 33.6 Å². The van der Waals surface area contributed by atoms with Gasteiger partial charge >= 0.3 is 0 Å². The van der Waals surface area contributed by atoms with E-state index in [1.807, 2.05) is 32.0 Å². The smallest absolute Gasteiger partial charge is 0.163 e. The molecule has 1 aliphatic rings. The highest BCUT2D eigenvalue weighted by atomic mass is 16.7. The first-order valence-corrected chi connectivity index (χ1v) is 6.72. The molecule has 0 bridgehead atoms. The van der Waals surface area contributed by atoms with Gasteiger partial charge in [-0.15, -0.1) is 0 Å². The Balaban J connectivity index is 1.87. The van der Waals surface area contributed by atoms with Gasteiger partial charge in [-0.1, -0.05) is 25.1 Å². The van der Waals surface area contributed by atoms with Gasteiger partial charge in [0.2, 0.25) is 0 Å². The highest BCUT2D eigenvalue weighted by Gasteiger charge is 2.33. The van der Waals surface area contributed by atoms with Crippen molar-refractivity contribution in [3.8, 4) is 0 Å². The number of benzene rings is 1. The SMILES string of the molecule is CCC(CC1COC(C)(C)O1)Nc1ccccc1. The minimum Gasteiger partial charge on any atom is -0.382 e. The Kier molecular flexibility index (Phi) is 4.25. The molecule has 0 amide bonds. The van der Waals surface area contributed by atoms with Crippen LogP contribution in [0.3, 0.4) is 0 Å². The van der Waals surface area contributed by atoms with E-state index in [4.69, 9.17) is 9.47 Å². The molecule has 2 rings (SSSR count). The molecule has 0 saturated carbocycles. The number of nitrogens with one attached hydrogen (secondary N) is 1. The number of hydrogen-bond acceptors (Lipinski definition) is 3. The minimum atomic E-state index is -0.421. The van der Waals surface area contributed by atoms with Gasteiger partial charge < -0.3 is 14.8 Å². The van der Waals surface area contributed by atoms with E-state index in [0.717, 1.165) is 12.8 Å². The Labute approximate surface area is 109 Å². The van der Waals surface area contributed by atoms with Crippen molar-refractivity contribution in [2.75, 3.05) is 11.9 Å². The Morgan fingerprint density at radius 2 is 2.06 bits per heavy atom. The minimum absolute atomic E-state index is 0.196. The molecule has 1 aromatic carbocycles. The Morgan fingerprint density at radius 1 is 1.33 bits per heavy atom. The van der Waals surface area contributed by atoms with Crippen molar-refractivity contribution >= 4 is 5.69 Å². The fraction of sp³-hybridized carbons (Fsp3) is 0.600. The standard InChI is InChI=1S/C15H23NO2/c1-4-12(16-13-8-6-5-7-9-13)10-14-11-17-15(2,3)18-14/h5-9,12,14,16H,4,10-11H2,1-3H3. The normalized spacial score (nSPS) is 23.8. The average Bonchev–Trinajstić information content (AvgIpc) is 2.69. The zero-order valence-corrected chi connectivity index (χ0v) is 11.5. The summed E-state index contributed by atoms with van der Waals surface area (Å²) >= 11 is 0. The van der Waals surface area contributed by atoms with Crippen molar-refractivity contribution in [2.24, 2.45) is 0 Å². The number of anilines is 1. The predicted octanol–water partition coefficient (Wildman–Crippen LogP) is 3.42. The van der Waals surface area contributed by atoms with E-state index in [0.29, 0.717) is 12.6 Å². The van der Waals surface area contributed by atoms with Crippen LogP contribution in [0.5, 0.6) is 0 Å². The molecule has 1 N–H and O–H groups in total. The van der Waals surface area contributed by atoms with Crippen LogP contribution in [0.15, 0.2) is 30.3 Å². The van der Waals surface area contributed by atoms with Gasteiger partial charge in [0.1, 0.15) is 0 Å². The first-order chi connectivity index (χ1) is 8.59. The fourth-order valence-electron chi connectivity index (χ4n) is 2.29. The molecule has 1 aliphatic heterocycles. The lowest BCUT2D eigenvalue weighted by Crippen LogP contribution is -2.28. The van der Waals surface area contributed by atoms with Crippen molar-refractivity contribution in [3.05, 3.63) is 30.3 Å². The zero-order valence-electron chi connectivity index (χ0n) is 11.5. The van der Waals surface area contributed by atoms with E-state index in [1.165, 1.54) is 5.69 Å². The molecule has 2 atom stereocenters. The topological polar surface area (TPSA) is 30.5 Å². The molecule has 2 unspecified atom stereocenters. The summed E-state index contributed by atoms with van der Waals surface area (Å²) in [5.41, 5.74) is 1.17. The molecule has 0 spiro atoms. The lowest BCUT2D eigenvalue weighted by atomic mass is 10.1. The van der Waals surface area contributed by atoms with Gasteiger partial charge in [-0.2, -0.15) is 0 Å². The van der Waals surface area contributed by atoms with Crippen LogP contribution in [-0.4, -0.2) is 24.5 Å². The first kappa shape index (κ1) is 13.4. The largest absolute Gasteiger partial charge is 0.382 e. The molecule has 1 saturated heterocycles. The molecular formula is C15H23NO2. The van der Waals surface area contributed by atoms with E-state index in [-0.39, 0.29) is 6.10 Å². The first-order valence-electron chi connectivity index (χ1n) is 6.72. The average molecular weight is 249 g/mol. The van der Waals surface area contributed by atoms with Crippen molar-refractivity contribution in [3.63, 3.8) is 0 Å². The Morgan fingerprint density at radius 3 is 2.61 bits per heavy atom. The molecular weight excluding hydrogens is 226 g/mol. The number of hydrogen-bond donors (Lipinski definition) is 1. The summed E-state index contributed by atoms with van der Waals surface area (Å²) in [6.45, 7) is 6.83. The van der Waals surface area contributed by atoms with E-state index in [2.05, 4.69) is 24.4 Å². The molecule has 1 fully saturated rings. The van der Waals surface area contributed by atoms with Gasteiger partial charge in [0.15, 0.2) is 5.79 Å². The molecule has 3 nitrogen and oxygen atoms in total. The summed E-state index contributed by atoms with van der Waals surface area (Å²) in [6, 6.07) is 10.7. The van der Waals surface area contributed by atoms with E-state index in [9.17, 15) is 0 Å². The third-order valence-corrected chi connectivity index (χ3v) is 3.25. The Hall–Kier alpha value is -1.06. The van der Waals surface area contributed by atoms with Crippen LogP contribution < -0.4 is 5.32 Å². The maximum absolute atomic E-state index is 5.86. The quantitative estimate of drug-likeness (QED) is 0.867. The van der Waals surface area contributed by atoms with Crippen molar-refractivity contribution in [1.29, 1.82) is 0 Å². The summed E-state index contributed by atoms with van der Waals surface area (Å²) in [5, 5.41) is 3.55. The number of para-hydroxylation sites is 1. The van der Waals surface area contributed by atoms with Gasteiger partial charge in [-0.05, 0) is 38.8 Å². The monoisotopic (exact) mass is 249 g/mol. The van der Waals surface area contributed by atoms with Crippen LogP contribution in [0.25, 0.3) is 0 Å². The molecule has 0 aliphatic carbocycles. The zero-order chi connectivity index (χ0) is 13.0. The van der Waals surface area contributed by atoms with Crippen molar-refractivity contribution < 1.29 is 9.47 Å². The molecule has 0 aromatic heterocycles. The lowest BCUT2D eigenvalue weighted by molar-refractivity contribution is -0.139. The summed E-state index contributed by atoms with van der Waals surface area (Å²) in [7, 11) is 0. The summed E-state index contributed by atoms with van der Waals surface area (Å²) in [4.78, 5) is 0. The van der Waals surface area contributed by atoms with Gasteiger partial charge in [-0.25, -0.2) is 0 Å². The highest BCUT2D eigenvalue weighted by Crippen LogP contribution is 2.26. The molecule has 3 heteroatoms. The van der Waals surface area contributed by atoms with E-state index in [1.54, 1.807) is 0 Å². The van der Waals surface area contributed by atoms with Gasteiger partial charge in [-0.3, -0.25) is 0 Å². The number of ether oxygens (including phenoxy) is 2. The van der Waals surface area contributed by atoms with Crippen LogP contribution in [0.2, 0.25) is 0 Å². The van der Waals surface area contributed by atoms with Crippen molar-refractivity contribution in [1.82, 2.24) is 0 Å². The maximum atomic E-state index is 5.86. The lowest BCUT2D eigenvalue weighted by Gasteiger charge is -2.22. The highest BCUT2D eigenvalue weighted by molar-refractivity contribution is 5.43. The molecule has 1 aromatic rings. The van der Waals surface area contributed by atoms with E-state index >= 15 is 0 Å². The van der Waals surface area contributed by atoms with Crippen molar-refractivity contribution in [2.45, 2.75) is 51.5 Å². The van der Waals surface area contributed by atoms with Crippen LogP contribution >= 0.6 is 0 Å². The second-order valence-electron chi connectivity index (χ2n) is 5.30. The third-order valence-electron chi connectivity index (χ3n) is 3.25. The number of rotatable bonds is 5. The Bertz CT molecular complexity index is 364. The van der Waals surface area contributed by atoms with Gasteiger partial charge in [0.25, 0.3) is 0 Å². The summed E-state index contributed by atoms with van der Waals surface area (Å²) < 4.78 is 11.5. The van der Waals surface area contributed by atoms with Crippen LogP contribution in [0, 0.1) is 0 Å². The van der Waals surface area contributed by atoms with Gasteiger partial charge in [0.05, 0.1) is 12.7 Å². The third kappa shape index (κ3) is 3.72. The molecule has 0 radical (unpaired) electrons. The predicted molar refractivity (Wildman–Crippen MR) is 73.7 cm³/mol. The summed E-state index contributed by atoms with van der Waals surface area (Å²) in [5.74, 6) is -0.421. The molecule has 18 heavy (non-hydrogen) atoms. The van der Waals surface area contributed by atoms with E-state index < -0.39 is 5.79 Å². The maximum Gasteiger partial charge on any atom is 0.163 e. The van der Waals surface area contributed by atoms with Crippen LogP contribution in [0.4, 0.5) is 5.69 Å². The molecule has 100 valence electrons. The summed E-state index contributed by atoms with van der Waals surface area (Å²) in [6.07, 6.45) is 2.26. The molecule has 1 heterocycles. The second-order valence-corrected chi connectivity index (χ2v) is 5.30.